The minimum atomic E-state index is -1.09. The van der Waals surface area contributed by atoms with E-state index in [-0.39, 0.29) is 5.92 Å². The fraction of sp³-hybridized carbons (Fsp3) is 0.556. The number of hydrogen-bond acceptors (Lipinski definition) is 5. The average Bonchev–Trinajstić information content (AvgIpc) is 2.57. The van der Waals surface area contributed by atoms with Crippen LogP contribution in [0.2, 0.25) is 0 Å². The predicted octanol–water partition coefficient (Wildman–Crippen LogP) is 3.16. The number of alkyl carbamates (subject to hydrolysis) is 1. The molecule has 1 aromatic carbocycles. The second-order valence-corrected chi connectivity index (χ2v) is 6.35. The van der Waals surface area contributed by atoms with Gasteiger partial charge in [0.05, 0.1) is 14.2 Å². The highest BCUT2D eigenvalue weighted by Crippen LogP contribution is 2.32. The van der Waals surface area contributed by atoms with Crippen molar-refractivity contribution in [3.63, 3.8) is 0 Å². The van der Waals surface area contributed by atoms with E-state index in [4.69, 9.17) is 14.2 Å². The van der Waals surface area contributed by atoms with Crippen LogP contribution >= 0.6 is 0 Å². The van der Waals surface area contributed by atoms with Crippen LogP contribution in [0.5, 0.6) is 11.5 Å². The highest BCUT2D eigenvalue weighted by atomic mass is 16.6. The van der Waals surface area contributed by atoms with Gasteiger partial charge in [-0.1, -0.05) is 20.3 Å². The lowest BCUT2D eigenvalue weighted by molar-refractivity contribution is -0.140. The summed E-state index contributed by atoms with van der Waals surface area (Å²) in [5, 5.41) is 11.7. The van der Waals surface area contributed by atoms with Crippen molar-refractivity contribution in [1.29, 1.82) is 0 Å². The van der Waals surface area contributed by atoms with Crippen LogP contribution in [0.4, 0.5) is 4.79 Å². The van der Waals surface area contributed by atoms with Gasteiger partial charge in [0.25, 0.3) is 0 Å². The number of hydrogen-bond donors (Lipinski definition) is 2. The number of carboxylic acids is 1. The topological polar surface area (TPSA) is 94.1 Å². The second kappa shape index (κ2) is 8.60. The van der Waals surface area contributed by atoms with Crippen LogP contribution in [0.25, 0.3) is 0 Å². The predicted molar refractivity (Wildman–Crippen MR) is 93.1 cm³/mol. The molecule has 2 atom stereocenters. The molecule has 0 saturated carbocycles. The van der Waals surface area contributed by atoms with Gasteiger partial charge in [0.2, 0.25) is 0 Å². The SMILES string of the molecule is CC[C@@H](C)[C@H](NC(=O)OC(C)(C)c1cc(OC)cc(OC)c1)C(=O)O. The van der Waals surface area contributed by atoms with Crippen molar-refractivity contribution in [1.82, 2.24) is 5.32 Å². The van der Waals surface area contributed by atoms with Crippen molar-refractivity contribution in [3.05, 3.63) is 23.8 Å². The summed E-state index contributed by atoms with van der Waals surface area (Å²) < 4.78 is 15.9. The van der Waals surface area contributed by atoms with E-state index in [9.17, 15) is 14.7 Å². The number of aliphatic carboxylic acids is 1. The van der Waals surface area contributed by atoms with Gasteiger partial charge in [-0.15, -0.1) is 0 Å². The number of nitrogens with one attached hydrogen (secondary N) is 1. The Labute approximate surface area is 148 Å². The van der Waals surface area contributed by atoms with E-state index in [0.717, 1.165) is 0 Å². The molecule has 0 aliphatic heterocycles. The summed E-state index contributed by atoms with van der Waals surface area (Å²) in [6.45, 7) is 7.04. The molecule has 1 rings (SSSR count). The molecule has 140 valence electrons. The van der Waals surface area contributed by atoms with E-state index in [2.05, 4.69) is 5.32 Å². The molecule has 0 heterocycles. The zero-order chi connectivity index (χ0) is 19.2. The minimum Gasteiger partial charge on any atom is -0.497 e. The molecular formula is C18H27NO6. The zero-order valence-electron chi connectivity index (χ0n) is 15.6. The summed E-state index contributed by atoms with van der Waals surface area (Å²) in [5.74, 6) is -0.180. The second-order valence-electron chi connectivity index (χ2n) is 6.35. The van der Waals surface area contributed by atoms with Crippen LogP contribution in [0.1, 0.15) is 39.7 Å². The van der Waals surface area contributed by atoms with Crippen molar-refractivity contribution in [2.24, 2.45) is 5.92 Å². The Morgan fingerprint density at radius 3 is 2.08 bits per heavy atom. The fourth-order valence-corrected chi connectivity index (χ4v) is 2.29. The first-order valence-corrected chi connectivity index (χ1v) is 8.10. The number of carbonyl (C=O) groups is 2. The van der Waals surface area contributed by atoms with Gasteiger partial charge in [-0.3, -0.25) is 0 Å². The molecule has 0 fully saturated rings. The molecule has 0 aliphatic carbocycles. The molecule has 0 bridgehead atoms. The number of carbonyl (C=O) groups excluding carboxylic acids is 1. The molecule has 0 aromatic heterocycles. The largest absolute Gasteiger partial charge is 0.497 e. The Morgan fingerprint density at radius 2 is 1.68 bits per heavy atom. The first-order chi connectivity index (χ1) is 11.6. The molecule has 1 amide bonds. The summed E-state index contributed by atoms with van der Waals surface area (Å²) in [5.41, 5.74) is -0.348. The average molecular weight is 353 g/mol. The van der Waals surface area contributed by atoms with E-state index in [0.29, 0.717) is 23.5 Å². The first-order valence-electron chi connectivity index (χ1n) is 8.10. The van der Waals surface area contributed by atoms with Crippen molar-refractivity contribution in [3.8, 4) is 11.5 Å². The maximum atomic E-state index is 12.2. The highest BCUT2D eigenvalue weighted by Gasteiger charge is 2.31. The highest BCUT2D eigenvalue weighted by molar-refractivity contribution is 5.80. The summed E-state index contributed by atoms with van der Waals surface area (Å²) in [6, 6.07) is 4.18. The van der Waals surface area contributed by atoms with Gasteiger partial charge >= 0.3 is 12.1 Å². The molecule has 7 heteroatoms. The van der Waals surface area contributed by atoms with Crippen molar-refractivity contribution in [2.45, 2.75) is 45.8 Å². The lowest BCUT2D eigenvalue weighted by Crippen LogP contribution is -2.46. The normalized spacial score (nSPS) is 13.5. The van der Waals surface area contributed by atoms with Crippen molar-refractivity contribution >= 4 is 12.1 Å². The Morgan fingerprint density at radius 1 is 1.16 bits per heavy atom. The van der Waals surface area contributed by atoms with Gasteiger partial charge in [0.15, 0.2) is 0 Å². The van der Waals surface area contributed by atoms with Crippen LogP contribution < -0.4 is 14.8 Å². The summed E-state index contributed by atoms with van der Waals surface area (Å²) in [6.07, 6.45) is -0.173. The number of rotatable bonds is 8. The lowest BCUT2D eigenvalue weighted by Gasteiger charge is -2.28. The molecule has 2 N–H and O–H groups in total. The molecule has 0 spiro atoms. The standard InChI is InChI=1S/C18H27NO6/c1-7-11(2)15(16(20)21)19-17(22)25-18(3,4)12-8-13(23-5)10-14(9-12)24-6/h8-11,15H,7H2,1-6H3,(H,19,22)(H,20,21)/t11-,15+/m1/s1. The number of ether oxygens (including phenoxy) is 3. The molecule has 0 radical (unpaired) electrons. The number of methoxy groups -OCH3 is 2. The van der Waals surface area contributed by atoms with E-state index in [1.807, 2.05) is 6.92 Å². The summed E-state index contributed by atoms with van der Waals surface area (Å²) >= 11 is 0. The zero-order valence-corrected chi connectivity index (χ0v) is 15.6. The first kappa shape index (κ1) is 20.6. The lowest BCUT2D eigenvalue weighted by atomic mass is 9.97. The van der Waals surface area contributed by atoms with Gasteiger partial charge in [0, 0.05) is 11.6 Å². The van der Waals surface area contributed by atoms with Crippen LogP contribution in [0.15, 0.2) is 18.2 Å². The Balaban J connectivity index is 2.96. The van der Waals surface area contributed by atoms with Gasteiger partial charge in [0.1, 0.15) is 23.1 Å². The van der Waals surface area contributed by atoms with Gasteiger partial charge in [-0.05, 0) is 31.9 Å². The maximum Gasteiger partial charge on any atom is 0.408 e. The number of amides is 1. The molecule has 25 heavy (non-hydrogen) atoms. The summed E-state index contributed by atoms with van der Waals surface area (Å²) in [7, 11) is 3.06. The van der Waals surface area contributed by atoms with Crippen LogP contribution in [-0.2, 0) is 15.1 Å². The molecule has 1 aromatic rings. The van der Waals surface area contributed by atoms with E-state index >= 15 is 0 Å². The Hall–Kier alpha value is -2.44. The maximum absolute atomic E-state index is 12.2. The van der Waals surface area contributed by atoms with Crippen molar-refractivity contribution < 1.29 is 28.9 Å². The third-order valence-corrected chi connectivity index (χ3v) is 4.15. The molecule has 0 aliphatic rings. The molecule has 7 nitrogen and oxygen atoms in total. The third kappa shape index (κ3) is 5.55. The third-order valence-electron chi connectivity index (χ3n) is 4.15. The van der Waals surface area contributed by atoms with Crippen molar-refractivity contribution in [2.75, 3.05) is 14.2 Å². The van der Waals surface area contributed by atoms with E-state index in [1.165, 1.54) is 14.2 Å². The molecule has 0 unspecified atom stereocenters. The fourth-order valence-electron chi connectivity index (χ4n) is 2.29. The van der Waals surface area contributed by atoms with Gasteiger partial charge in [-0.2, -0.15) is 0 Å². The molecular weight excluding hydrogens is 326 g/mol. The monoisotopic (exact) mass is 353 g/mol. The molecule has 0 saturated heterocycles. The summed E-state index contributed by atoms with van der Waals surface area (Å²) in [4.78, 5) is 23.6. The van der Waals surface area contributed by atoms with Gasteiger partial charge < -0.3 is 24.6 Å². The number of carboxylic acid groups (broad SMARTS) is 1. The van der Waals surface area contributed by atoms with Gasteiger partial charge in [-0.25, -0.2) is 9.59 Å². The van der Waals surface area contributed by atoms with E-state index < -0.39 is 23.7 Å². The minimum absolute atomic E-state index is 0.218. The van der Waals surface area contributed by atoms with Crippen LogP contribution in [-0.4, -0.2) is 37.4 Å². The smallest absolute Gasteiger partial charge is 0.408 e. The van der Waals surface area contributed by atoms with Crippen LogP contribution in [0, 0.1) is 5.92 Å². The number of benzene rings is 1. The van der Waals surface area contributed by atoms with Crippen LogP contribution in [0.3, 0.4) is 0 Å². The van der Waals surface area contributed by atoms with E-state index in [1.54, 1.807) is 39.0 Å². The quantitative estimate of drug-likeness (QED) is 0.745. The Bertz CT molecular complexity index is 591. The Kier molecular flexibility index (Phi) is 7.09.